The molecule has 0 unspecified atom stereocenters. The molecule has 1 saturated carbocycles. The van der Waals surface area contributed by atoms with Crippen molar-refractivity contribution in [2.24, 2.45) is 0 Å². The van der Waals surface area contributed by atoms with Crippen molar-refractivity contribution in [3.05, 3.63) is 65.7 Å². The van der Waals surface area contributed by atoms with Gasteiger partial charge in [-0.25, -0.2) is 0 Å². The predicted molar refractivity (Wildman–Crippen MR) is 73.7 cm³/mol. The number of nitriles is 1. The molecular weight excluding hydrogens is 234 g/mol. The van der Waals surface area contributed by atoms with Gasteiger partial charge in [0, 0.05) is 0 Å². The molecule has 1 fully saturated rings. The van der Waals surface area contributed by atoms with Crippen LogP contribution >= 0.6 is 0 Å². The van der Waals surface area contributed by atoms with Crippen molar-refractivity contribution >= 4 is 0 Å². The van der Waals surface area contributed by atoms with Gasteiger partial charge in [-0.3, -0.25) is 0 Å². The van der Waals surface area contributed by atoms with E-state index in [0.717, 1.165) is 29.7 Å². The molecule has 0 amide bonds. The Bertz CT molecular complexity index is 591. The van der Waals surface area contributed by atoms with E-state index in [1.54, 1.807) is 0 Å². The number of nitrogens with zero attached hydrogens (tertiary/aromatic N) is 1. The zero-order valence-electron chi connectivity index (χ0n) is 10.7. The molecule has 94 valence electrons. The Morgan fingerprint density at radius 1 is 1.00 bits per heavy atom. The third-order valence-corrected chi connectivity index (χ3v) is 3.62. The van der Waals surface area contributed by atoms with E-state index in [1.165, 1.54) is 0 Å². The van der Waals surface area contributed by atoms with Crippen molar-refractivity contribution in [1.82, 2.24) is 0 Å². The van der Waals surface area contributed by atoms with Gasteiger partial charge in [0.15, 0.2) is 0 Å². The zero-order valence-corrected chi connectivity index (χ0v) is 10.7. The van der Waals surface area contributed by atoms with Gasteiger partial charge < -0.3 is 4.74 Å². The van der Waals surface area contributed by atoms with E-state index in [-0.39, 0.29) is 5.41 Å². The highest BCUT2D eigenvalue weighted by molar-refractivity contribution is 5.41. The number of hydrogen-bond donors (Lipinski definition) is 0. The lowest BCUT2D eigenvalue weighted by atomic mass is 9.98. The number of benzene rings is 2. The first-order chi connectivity index (χ1) is 9.32. The van der Waals surface area contributed by atoms with Crippen LogP contribution in [0.5, 0.6) is 5.75 Å². The van der Waals surface area contributed by atoms with Gasteiger partial charge >= 0.3 is 0 Å². The van der Waals surface area contributed by atoms with Crippen molar-refractivity contribution in [2.45, 2.75) is 24.9 Å². The van der Waals surface area contributed by atoms with Crippen LogP contribution in [0.2, 0.25) is 0 Å². The summed E-state index contributed by atoms with van der Waals surface area (Å²) in [5.41, 5.74) is 2.06. The van der Waals surface area contributed by atoms with E-state index >= 15 is 0 Å². The van der Waals surface area contributed by atoms with Crippen molar-refractivity contribution in [3.8, 4) is 11.8 Å². The van der Waals surface area contributed by atoms with Crippen LogP contribution in [0.25, 0.3) is 0 Å². The third-order valence-electron chi connectivity index (χ3n) is 3.62. The molecule has 2 heteroatoms. The minimum Gasteiger partial charge on any atom is -0.489 e. The zero-order chi connectivity index (χ0) is 13.1. The van der Waals surface area contributed by atoms with Crippen molar-refractivity contribution < 1.29 is 4.74 Å². The highest BCUT2D eigenvalue weighted by Gasteiger charge is 2.44. The third kappa shape index (κ3) is 2.46. The first-order valence-corrected chi connectivity index (χ1v) is 6.51. The van der Waals surface area contributed by atoms with Crippen LogP contribution in [-0.2, 0) is 12.0 Å². The van der Waals surface area contributed by atoms with Gasteiger partial charge in [-0.1, -0.05) is 42.5 Å². The maximum absolute atomic E-state index is 9.15. The molecule has 0 aromatic heterocycles. The van der Waals surface area contributed by atoms with Crippen molar-refractivity contribution in [3.63, 3.8) is 0 Å². The molecule has 2 aromatic carbocycles. The summed E-state index contributed by atoms with van der Waals surface area (Å²) in [4.78, 5) is 0. The lowest BCUT2D eigenvalue weighted by Crippen LogP contribution is -2.02. The molecule has 0 N–H and O–H groups in total. The quantitative estimate of drug-likeness (QED) is 0.825. The van der Waals surface area contributed by atoms with Crippen LogP contribution in [0.3, 0.4) is 0 Å². The Kier molecular flexibility index (Phi) is 2.97. The summed E-state index contributed by atoms with van der Waals surface area (Å²) in [6.45, 7) is 0.573. The van der Waals surface area contributed by atoms with Gasteiger partial charge in [-0.2, -0.15) is 5.26 Å². The van der Waals surface area contributed by atoms with Gasteiger partial charge in [0.2, 0.25) is 0 Å². The summed E-state index contributed by atoms with van der Waals surface area (Å²) in [5.74, 6) is 0.848. The minimum absolute atomic E-state index is 0.210. The van der Waals surface area contributed by atoms with E-state index < -0.39 is 0 Å². The van der Waals surface area contributed by atoms with Gasteiger partial charge in [-0.05, 0) is 36.1 Å². The molecule has 0 atom stereocenters. The summed E-state index contributed by atoms with van der Waals surface area (Å²) in [5, 5.41) is 9.15. The second-order valence-electron chi connectivity index (χ2n) is 4.99. The average Bonchev–Trinajstić information content (AvgIpc) is 3.28. The van der Waals surface area contributed by atoms with E-state index in [9.17, 15) is 0 Å². The predicted octanol–water partition coefficient (Wildman–Crippen LogP) is 3.82. The molecule has 0 radical (unpaired) electrons. The smallest absolute Gasteiger partial charge is 0.119 e. The van der Waals surface area contributed by atoms with Gasteiger partial charge in [0.05, 0.1) is 11.5 Å². The van der Waals surface area contributed by atoms with E-state index in [0.29, 0.717) is 6.61 Å². The highest BCUT2D eigenvalue weighted by Crippen LogP contribution is 2.47. The molecule has 3 rings (SSSR count). The number of ether oxygens (including phenoxy) is 1. The molecule has 1 aliphatic rings. The number of hydrogen-bond acceptors (Lipinski definition) is 2. The molecule has 0 bridgehead atoms. The summed E-state index contributed by atoms with van der Waals surface area (Å²) in [6.07, 6.45) is 1.96. The van der Waals surface area contributed by atoms with E-state index in [2.05, 4.69) is 6.07 Å². The Morgan fingerprint density at radius 3 is 2.26 bits per heavy atom. The molecule has 0 spiro atoms. The fourth-order valence-corrected chi connectivity index (χ4v) is 2.20. The van der Waals surface area contributed by atoms with Gasteiger partial charge in [-0.15, -0.1) is 0 Å². The van der Waals surface area contributed by atoms with Gasteiger partial charge in [0.25, 0.3) is 0 Å². The highest BCUT2D eigenvalue weighted by atomic mass is 16.5. The summed E-state index contributed by atoms with van der Waals surface area (Å²) < 4.78 is 5.73. The molecule has 19 heavy (non-hydrogen) atoms. The molecule has 2 aromatic rings. The Balaban J connectivity index is 1.66. The summed E-state index contributed by atoms with van der Waals surface area (Å²) in [7, 11) is 0. The van der Waals surface area contributed by atoms with E-state index in [1.807, 2.05) is 54.6 Å². The van der Waals surface area contributed by atoms with Crippen LogP contribution in [0.4, 0.5) is 0 Å². The molecule has 0 aliphatic heterocycles. The average molecular weight is 249 g/mol. The molecule has 2 nitrogen and oxygen atoms in total. The monoisotopic (exact) mass is 249 g/mol. The molecular formula is C17H15NO. The lowest BCUT2D eigenvalue weighted by molar-refractivity contribution is 0.306. The van der Waals surface area contributed by atoms with Crippen LogP contribution in [0.15, 0.2) is 54.6 Å². The fourth-order valence-electron chi connectivity index (χ4n) is 2.20. The van der Waals surface area contributed by atoms with Crippen LogP contribution in [-0.4, -0.2) is 0 Å². The largest absolute Gasteiger partial charge is 0.489 e. The molecule has 0 heterocycles. The van der Waals surface area contributed by atoms with Crippen LogP contribution < -0.4 is 4.74 Å². The van der Waals surface area contributed by atoms with Crippen LogP contribution in [0, 0.1) is 11.3 Å². The maximum Gasteiger partial charge on any atom is 0.119 e. The molecule has 1 aliphatic carbocycles. The normalized spacial score (nSPS) is 15.5. The molecule has 0 saturated heterocycles. The first kappa shape index (κ1) is 11.8. The fraction of sp³-hybridized carbons (Fsp3) is 0.235. The standard InChI is InChI=1S/C17H15NO/c18-13-17(10-11-17)15-6-8-16(9-7-15)19-12-14-4-2-1-3-5-14/h1-9H,10-12H2. The number of rotatable bonds is 4. The topological polar surface area (TPSA) is 33.0 Å². The second kappa shape index (κ2) is 4.78. The SMILES string of the molecule is N#CC1(c2ccc(OCc3ccccc3)cc2)CC1. The minimum atomic E-state index is -0.210. The Labute approximate surface area is 113 Å². The Morgan fingerprint density at radius 2 is 1.68 bits per heavy atom. The summed E-state index contributed by atoms with van der Waals surface area (Å²) in [6, 6.07) is 20.4. The Hall–Kier alpha value is -2.27. The lowest BCUT2D eigenvalue weighted by Gasteiger charge is -2.09. The van der Waals surface area contributed by atoms with Crippen molar-refractivity contribution in [1.29, 1.82) is 5.26 Å². The first-order valence-electron chi connectivity index (χ1n) is 6.51. The van der Waals surface area contributed by atoms with Crippen molar-refractivity contribution in [2.75, 3.05) is 0 Å². The second-order valence-corrected chi connectivity index (χ2v) is 4.99. The maximum atomic E-state index is 9.15. The van der Waals surface area contributed by atoms with Crippen LogP contribution in [0.1, 0.15) is 24.0 Å². The summed E-state index contributed by atoms with van der Waals surface area (Å²) >= 11 is 0. The van der Waals surface area contributed by atoms with E-state index in [4.69, 9.17) is 10.00 Å². The van der Waals surface area contributed by atoms with Gasteiger partial charge in [0.1, 0.15) is 12.4 Å².